The van der Waals surface area contributed by atoms with Gasteiger partial charge in [-0.1, -0.05) is 0 Å². The summed E-state index contributed by atoms with van der Waals surface area (Å²) in [7, 11) is 0. The van der Waals surface area contributed by atoms with E-state index in [0.717, 1.165) is 5.69 Å². The summed E-state index contributed by atoms with van der Waals surface area (Å²) in [6.07, 6.45) is 1.49. The van der Waals surface area contributed by atoms with Crippen molar-refractivity contribution in [3.8, 4) is 5.69 Å². The average molecular weight is 176 g/mol. The number of tetrazole rings is 1. The predicted octanol–water partition coefficient (Wildman–Crippen LogP) is -0.173. The van der Waals surface area contributed by atoms with Crippen LogP contribution in [0, 0.1) is 0 Å². The minimum absolute atomic E-state index is 0.521. The van der Waals surface area contributed by atoms with Crippen LogP contribution in [-0.2, 0) is 0 Å². The molecule has 6 nitrogen and oxygen atoms in total. The number of anilines is 2. The summed E-state index contributed by atoms with van der Waals surface area (Å²) in [5, 5.41) is 10.7. The van der Waals surface area contributed by atoms with Crippen LogP contribution >= 0.6 is 0 Å². The standard InChI is InChI=1S/C7H8N6/c8-6-2-1-5(3-7(6)9)13-4-10-11-12-13/h1-4H,8-9H2. The zero-order valence-electron chi connectivity index (χ0n) is 6.75. The van der Waals surface area contributed by atoms with E-state index < -0.39 is 0 Å². The monoisotopic (exact) mass is 176 g/mol. The van der Waals surface area contributed by atoms with Gasteiger partial charge in [-0.2, -0.15) is 0 Å². The Balaban J connectivity index is 2.49. The number of hydrogen-bond acceptors (Lipinski definition) is 5. The van der Waals surface area contributed by atoms with Gasteiger partial charge in [-0.3, -0.25) is 0 Å². The molecule has 0 amide bonds. The molecule has 0 fully saturated rings. The maximum atomic E-state index is 5.62. The molecule has 0 aliphatic carbocycles. The van der Waals surface area contributed by atoms with Gasteiger partial charge in [0.25, 0.3) is 0 Å². The Kier molecular flexibility index (Phi) is 1.59. The van der Waals surface area contributed by atoms with Gasteiger partial charge in [0, 0.05) is 0 Å². The molecule has 6 heteroatoms. The molecule has 4 N–H and O–H groups in total. The molecule has 0 aliphatic heterocycles. The molecular formula is C7H8N6. The van der Waals surface area contributed by atoms with E-state index in [-0.39, 0.29) is 0 Å². The Morgan fingerprint density at radius 3 is 2.62 bits per heavy atom. The molecular weight excluding hydrogens is 168 g/mol. The molecule has 0 spiro atoms. The first kappa shape index (κ1) is 7.53. The molecule has 0 saturated carbocycles. The van der Waals surface area contributed by atoms with Crippen molar-refractivity contribution in [3.05, 3.63) is 24.5 Å². The van der Waals surface area contributed by atoms with Crippen molar-refractivity contribution in [2.24, 2.45) is 0 Å². The number of nitrogens with zero attached hydrogens (tertiary/aromatic N) is 4. The molecule has 1 aromatic carbocycles. The molecule has 13 heavy (non-hydrogen) atoms. The van der Waals surface area contributed by atoms with Gasteiger partial charge in [0.15, 0.2) is 0 Å². The fourth-order valence-electron chi connectivity index (χ4n) is 0.984. The van der Waals surface area contributed by atoms with Crippen molar-refractivity contribution < 1.29 is 0 Å². The number of nitrogens with two attached hydrogens (primary N) is 2. The quantitative estimate of drug-likeness (QED) is 0.588. The van der Waals surface area contributed by atoms with Gasteiger partial charge in [0.1, 0.15) is 6.33 Å². The van der Waals surface area contributed by atoms with Gasteiger partial charge in [0.05, 0.1) is 17.1 Å². The smallest absolute Gasteiger partial charge is 0.143 e. The fourth-order valence-corrected chi connectivity index (χ4v) is 0.984. The van der Waals surface area contributed by atoms with Gasteiger partial charge in [0.2, 0.25) is 0 Å². The van der Waals surface area contributed by atoms with Gasteiger partial charge in [-0.25, -0.2) is 4.68 Å². The summed E-state index contributed by atoms with van der Waals surface area (Å²) in [6, 6.07) is 5.22. The number of aromatic nitrogens is 4. The first-order valence-electron chi connectivity index (χ1n) is 3.66. The maximum Gasteiger partial charge on any atom is 0.143 e. The second kappa shape index (κ2) is 2.74. The van der Waals surface area contributed by atoms with E-state index in [1.54, 1.807) is 18.2 Å². The lowest BCUT2D eigenvalue weighted by atomic mass is 10.2. The van der Waals surface area contributed by atoms with Crippen molar-refractivity contribution in [1.29, 1.82) is 0 Å². The van der Waals surface area contributed by atoms with Crippen LogP contribution in [0.4, 0.5) is 11.4 Å². The topological polar surface area (TPSA) is 95.6 Å². The number of benzene rings is 1. The Bertz CT molecular complexity index is 407. The highest BCUT2D eigenvalue weighted by Crippen LogP contribution is 2.17. The maximum absolute atomic E-state index is 5.62. The highest BCUT2D eigenvalue weighted by Gasteiger charge is 1.99. The Hall–Kier alpha value is -2.11. The van der Waals surface area contributed by atoms with E-state index in [1.807, 2.05) is 0 Å². The van der Waals surface area contributed by atoms with Gasteiger partial charge < -0.3 is 11.5 Å². The molecule has 0 atom stereocenters. The Morgan fingerprint density at radius 1 is 1.15 bits per heavy atom. The van der Waals surface area contributed by atoms with E-state index in [9.17, 15) is 0 Å². The SMILES string of the molecule is Nc1ccc(-n2cnnn2)cc1N. The summed E-state index contributed by atoms with van der Waals surface area (Å²) in [4.78, 5) is 0. The Morgan fingerprint density at radius 2 is 2.00 bits per heavy atom. The minimum atomic E-state index is 0.521. The minimum Gasteiger partial charge on any atom is -0.397 e. The molecule has 0 saturated heterocycles. The van der Waals surface area contributed by atoms with E-state index in [4.69, 9.17) is 11.5 Å². The summed E-state index contributed by atoms with van der Waals surface area (Å²) in [6.45, 7) is 0. The van der Waals surface area contributed by atoms with Crippen molar-refractivity contribution in [2.75, 3.05) is 11.5 Å². The van der Waals surface area contributed by atoms with Crippen LogP contribution in [-0.4, -0.2) is 20.2 Å². The number of rotatable bonds is 1. The summed E-state index contributed by atoms with van der Waals surface area (Å²) < 4.78 is 1.51. The lowest BCUT2D eigenvalue weighted by molar-refractivity contribution is 0.789. The van der Waals surface area contributed by atoms with Crippen molar-refractivity contribution >= 4 is 11.4 Å². The van der Waals surface area contributed by atoms with Crippen molar-refractivity contribution in [1.82, 2.24) is 20.2 Å². The second-order valence-corrected chi connectivity index (χ2v) is 2.57. The third-order valence-electron chi connectivity index (χ3n) is 1.68. The van der Waals surface area contributed by atoms with Crippen LogP contribution in [0.15, 0.2) is 24.5 Å². The first-order chi connectivity index (χ1) is 6.27. The van der Waals surface area contributed by atoms with Crippen LogP contribution in [0.2, 0.25) is 0 Å². The van der Waals surface area contributed by atoms with Crippen LogP contribution in [0.3, 0.4) is 0 Å². The fraction of sp³-hybridized carbons (Fsp3) is 0. The van der Waals surface area contributed by atoms with Crippen LogP contribution in [0.25, 0.3) is 5.69 Å². The van der Waals surface area contributed by atoms with Crippen LogP contribution < -0.4 is 11.5 Å². The molecule has 1 heterocycles. The molecule has 0 radical (unpaired) electrons. The van der Waals surface area contributed by atoms with Gasteiger partial charge in [-0.15, -0.1) is 5.10 Å². The highest BCUT2D eigenvalue weighted by atomic mass is 15.5. The highest BCUT2D eigenvalue weighted by molar-refractivity contribution is 5.66. The summed E-state index contributed by atoms with van der Waals surface area (Å²) in [5.74, 6) is 0. The number of nitrogen functional groups attached to an aromatic ring is 2. The lowest BCUT2D eigenvalue weighted by Crippen LogP contribution is -1.99. The van der Waals surface area contributed by atoms with E-state index in [1.165, 1.54) is 11.0 Å². The third kappa shape index (κ3) is 1.28. The van der Waals surface area contributed by atoms with E-state index >= 15 is 0 Å². The first-order valence-corrected chi connectivity index (χ1v) is 3.66. The third-order valence-corrected chi connectivity index (χ3v) is 1.68. The molecule has 1 aromatic heterocycles. The van der Waals surface area contributed by atoms with E-state index in [0.29, 0.717) is 11.4 Å². The Labute approximate surface area is 74.2 Å². The normalized spacial score (nSPS) is 10.2. The second-order valence-electron chi connectivity index (χ2n) is 2.57. The zero-order valence-corrected chi connectivity index (χ0v) is 6.75. The molecule has 66 valence electrons. The predicted molar refractivity (Wildman–Crippen MR) is 48.0 cm³/mol. The molecule has 2 aromatic rings. The molecule has 0 aliphatic rings. The molecule has 0 bridgehead atoms. The zero-order chi connectivity index (χ0) is 9.26. The van der Waals surface area contributed by atoms with Crippen LogP contribution in [0.1, 0.15) is 0 Å². The summed E-state index contributed by atoms with van der Waals surface area (Å²) >= 11 is 0. The van der Waals surface area contributed by atoms with Crippen molar-refractivity contribution in [2.45, 2.75) is 0 Å². The lowest BCUT2D eigenvalue weighted by Gasteiger charge is -2.02. The average Bonchev–Trinajstić information content (AvgIpc) is 2.62. The number of hydrogen-bond donors (Lipinski definition) is 2. The van der Waals surface area contributed by atoms with Crippen LogP contribution in [0.5, 0.6) is 0 Å². The molecule has 0 unspecified atom stereocenters. The molecule has 2 rings (SSSR count). The largest absolute Gasteiger partial charge is 0.397 e. The van der Waals surface area contributed by atoms with Crippen molar-refractivity contribution in [3.63, 3.8) is 0 Å². The van der Waals surface area contributed by atoms with Gasteiger partial charge >= 0.3 is 0 Å². The van der Waals surface area contributed by atoms with E-state index in [2.05, 4.69) is 15.5 Å². The summed E-state index contributed by atoms with van der Waals surface area (Å²) in [5.41, 5.74) is 13.0. The van der Waals surface area contributed by atoms with Gasteiger partial charge in [-0.05, 0) is 28.6 Å².